The lowest BCUT2D eigenvalue weighted by atomic mass is 10.1. The first-order chi connectivity index (χ1) is 13.3. The fourth-order valence-corrected chi connectivity index (χ4v) is 3.80. The second-order valence-electron chi connectivity index (χ2n) is 5.91. The van der Waals surface area contributed by atoms with Crippen molar-refractivity contribution >= 4 is 44.8 Å². The number of furan rings is 1. The highest BCUT2D eigenvalue weighted by Gasteiger charge is 2.15. The molecule has 1 heterocycles. The van der Waals surface area contributed by atoms with E-state index in [0.29, 0.717) is 27.1 Å². The smallest absolute Gasteiger partial charge is 0.241 e. The third kappa shape index (κ3) is 5.36. The van der Waals surface area contributed by atoms with Crippen molar-refractivity contribution in [2.75, 3.05) is 5.32 Å². The van der Waals surface area contributed by atoms with E-state index < -0.39 is 10.0 Å². The highest BCUT2D eigenvalue weighted by Crippen LogP contribution is 2.23. The molecule has 0 radical (unpaired) electrons. The van der Waals surface area contributed by atoms with Gasteiger partial charge < -0.3 is 9.73 Å². The van der Waals surface area contributed by atoms with E-state index in [1.54, 1.807) is 42.5 Å². The van der Waals surface area contributed by atoms with Crippen molar-refractivity contribution in [3.05, 3.63) is 82.2 Å². The van der Waals surface area contributed by atoms with E-state index in [1.807, 2.05) is 0 Å². The Morgan fingerprint density at radius 3 is 2.54 bits per heavy atom. The molecule has 1 aromatic heterocycles. The second-order valence-corrected chi connectivity index (χ2v) is 8.49. The van der Waals surface area contributed by atoms with Gasteiger partial charge in [-0.3, -0.25) is 4.79 Å². The van der Waals surface area contributed by atoms with Gasteiger partial charge in [0.05, 0.1) is 34.2 Å². The summed E-state index contributed by atoms with van der Waals surface area (Å²) in [7, 11) is -3.76. The molecule has 3 rings (SSSR count). The average Bonchev–Trinajstić information content (AvgIpc) is 3.17. The summed E-state index contributed by atoms with van der Waals surface area (Å²) >= 11 is 11.8. The number of hydrogen-bond acceptors (Lipinski definition) is 4. The summed E-state index contributed by atoms with van der Waals surface area (Å²) in [4.78, 5) is 12.3. The number of hydrogen-bond donors (Lipinski definition) is 2. The van der Waals surface area contributed by atoms with Gasteiger partial charge in [0, 0.05) is 5.69 Å². The summed E-state index contributed by atoms with van der Waals surface area (Å²) < 4.78 is 32.4. The molecule has 146 valence electrons. The Hall–Kier alpha value is -2.32. The number of anilines is 1. The molecule has 1 amide bonds. The van der Waals surface area contributed by atoms with Gasteiger partial charge in [-0.15, -0.1) is 0 Å². The summed E-state index contributed by atoms with van der Waals surface area (Å²) in [5, 5.41) is 3.45. The number of benzene rings is 2. The first-order valence-electron chi connectivity index (χ1n) is 8.19. The van der Waals surface area contributed by atoms with Crippen LogP contribution in [0.3, 0.4) is 0 Å². The van der Waals surface area contributed by atoms with Crippen LogP contribution in [0, 0.1) is 0 Å². The molecule has 0 aliphatic heterocycles. The van der Waals surface area contributed by atoms with Crippen LogP contribution in [0.25, 0.3) is 0 Å². The van der Waals surface area contributed by atoms with Gasteiger partial charge in [0.25, 0.3) is 0 Å². The van der Waals surface area contributed by atoms with E-state index in [1.165, 1.54) is 18.4 Å². The summed E-state index contributed by atoms with van der Waals surface area (Å²) in [5.41, 5.74) is 1.06. The molecule has 0 saturated carbocycles. The third-order valence-electron chi connectivity index (χ3n) is 3.79. The van der Waals surface area contributed by atoms with Crippen LogP contribution in [-0.2, 0) is 27.8 Å². The first kappa shape index (κ1) is 20.4. The van der Waals surface area contributed by atoms with Crippen molar-refractivity contribution in [1.82, 2.24) is 4.72 Å². The maximum Gasteiger partial charge on any atom is 0.241 e. The van der Waals surface area contributed by atoms with Gasteiger partial charge in [0.1, 0.15) is 5.76 Å². The van der Waals surface area contributed by atoms with E-state index in [-0.39, 0.29) is 23.8 Å². The van der Waals surface area contributed by atoms with Gasteiger partial charge in [-0.05, 0) is 48.0 Å². The van der Waals surface area contributed by atoms with E-state index >= 15 is 0 Å². The lowest BCUT2D eigenvalue weighted by Gasteiger charge is -2.09. The van der Waals surface area contributed by atoms with E-state index in [9.17, 15) is 13.2 Å². The maximum atomic E-state index is 12.4. The molecule has 2 aromatic carbocycles. The Morgan fingerprint density at radius 1 is 1.00 bits per heavy atom. The minimum absolute atomic E-state index is 0.0310. The Kier molecular flexibility index (Phi) is 6.41. The molecule has 3 aromatic rings. The predicted molar refractivity (Wildman–Crippen MR) is 108 cm³/mol. The molecule has 0 spiro atoms. The minimum atomic E-state index is -3.76. The van der Waals surface area contributed by atoms with E-state index in [2.05, 4.69) is 10.0 Å². The topological polar surface area (TPSA) is 88.4 Å². The Bertz CT molecular complexity index is 1080. The summed E-state index contributed by atoms with van der Waals surface area (Å²) in [6.45, 7) is 0.0310. The van der Waals surface area contributed by atoms with Crippen molar-refractivity contribution in [2.45, 2.75) is 17.9 Å². The van der Waals surface area contributed by atoms with Crippen LogP contribution in [0.1, 0.15) is 11.3 Å². The number of carbonyl (C=O) groups is 1. The highest BCUT2D eigenvalue weighted by atomic mass is 35.5. The predicted octanol–water partition coefficient (Wildman–Crippen LogP) is 4.25. The number of nitrogens with one attached hydrogen (secondary N) is 2. The molecule has 0 bridgehead atoms. The van der Waals surface area contributed by atoms with Gasteiger partial charge in [0.15, 0.2) is 0 Å². The molecule has 0 aliphatic carbocycles. The average molecular weight is 439 g/mol. The zero-order chi connectivity index (χ0) is 20.1. The number of carbonyl (C=O) groups excluding carboxylic acids is 1. The van der Waals surface area contributed by atoms with Gasteiger partial charge in [0.2, 0.25) is 15.9 Å². The van der Waals surface area contributed by atoms with Gasteiger partial charge in [-0.1, -0.05) is 35.3 Å². The lowest BCUT2D eigenvalue weighted by Crippen LogP contribution is -2.23. The van der Waals surface area contributed by atoms with Gasteiger partial charge >= 0.3 is 0 Å². The second kappa shape index (κ2) is 8.79. The molecule has 28 heavy (non-hydrogen) atoms. The minimum Gasteiger partial charge on any atom is -0.468 e. The summed E-state index contributed by atoms with van der Waals surface area (Å²) in [6.07, 6.45) is 1.54. The zero-order valence-corrected chi connectivity index (χ0v) is 16.8. The number of halogens is 2. The Morgan fingerprint density at radius 2 is 1.82 bits per heavy atom. The maximum absolute atomic E-state index is 12.4. The van der Waals surface area contributed by atoms with E-state index in [4.69, 9.17) is 27.6 Å². The van der Waals surface area contributed by atoms with Crippen molar-refractivity contribution in [3.8, 4) is 0 Å². The Balaban J connectivity index is 1.66. The summed E-state index contributed by atoms with van der Waals surface area (Å²) in [6, 6.07) is 14.3. The van der Waals surface area contributed by atoms with Gasteiger partial charge in [-0.2, -0.15) is 0 Å². The van der Waals surface area contributed by atoms with Crippen LogP contribution < -0.4 is 10.0 Å². The fraction of sp³-hybridized carbons (Fsp3) is 0.105. The quantitative estimate of drug-likeness (QED) is 0.576. The van der Waals surface area contributed by atoms with Crippen LogP contribution in [-0.4, -0.2) is 14.3 Å². The van der Waals surface area contributed by atoms with Crippen LogP contribution in [0.2, 0.25) is 10.0 Å². The lowest BCUT2D eigenvalue weighted by molar-refractivity contribution is -0.115. The molecular formula is C19H16Cl2N2O4S. The van der Waals surface area contributed by atoms with Gasteiger partial charge in [-0.25, -0.2) is 13.1 Å². The molecular weight excluding hydrogens is 423 g/mol. The van der Waals surface area contributed by atoms with Crippen LogP contribution in [0.15, 0.2) is 70.2 Å². The van der Waals surface area contributed by atoms with Crippen molar-refractivity contribution in [1.29, 1.82) is 0 Å². The van der Waals surface area contributed by atoms with E-state index in [0.717, 1.165) is 0 Å². The number of sulfonamides is 1. The van der Waals surface area contributed by atoms with Crippen molar-refractivity contribution in [2.24, 2.45) is 0 Å². The van der Waals surface area contributed by atoms with Crippen LogP contribution in [0.4, 0.5) is 5.69 Å². The van der Waals surface area contributed by atoms with Crippen LogP contribution in [0.5, 0.6) is 0 Å². The molecule has 0 unspecified atom stereocenters. The van der Waals surface area contributed by atoms with Crippen LogP contribution >= 0.6 is 23.2 Å². The zero-order valence-electron chi connectivity index (χ0n) is 14.5. The standard InChI is InChI=1S/C19H16Cl2N2O4S/c20-17-7-6-13(9-18(17)21)10-19(24)23-14-3-1-5-16(11-14)28(25,26)22-12-15-4-2-8-27-15/h1-9,11,22H,10,12H2,(H,23,24). The molecule has 6 nitrogen and oxygen atoms in total. The SMILES string of the molecule is O=C(Cc1ccc(Cl)c(Cl)c1)Nc1cccc(S(=O)(=O)NCc2ccco2)c1. The molecule has 2 N–H and O–H groups in total. The largest absolute Gasteiger partial charge is 0.468 e. The molecule has 9 heteroatoms. The third-order valence-corrected chi connectivity index (χ3v) is 5.93. The molecule has 0 fully saturated rings. The monoisotopic (exact) mass is 438 g/mol. The number of amides is 1. The fourth-order valence-electron chi connectivity index (χ4n) is 2.44. The first-order valence-corrected chi connectivity index (χ1v) is 10.4. The summed E-state index contributed by atoms with van der Waals surface area (Å²) in [5.74, 6) is 0.186. The highest BCUT2D eigenvalue weighted by molar-refractivity contribution is 7.89. The molecule has 0 aliphatic rings. The normalized spacial score (nSPS) is 11.4. The molecule has 0 atom stereocenters. The number of rotatable bonds is 7. The van der Waals surface area contributed by atoms with Crippen molar-refractivity contribution < 1.29 is 17.6 Å². The molecule has 0 saturated heterocycles. The Labute approximate surface area is 172 Å². The van der Waals surface area contributed by atoms with Crippen molar-refractivity contribution in [3.63, 3.8) is 0 Å².